The molecule has 0 radical (unpaired) electrons. The predicted octanol–water partition coefficient (Wildman–Crippen LogP) is 5.83. The molecule has 0 atom stereocenters. The van der Waals surface area contributed by atoms with Crippen LogP contribution in [0.2, 0.25) is 0 Å². The molecule has 1 saturated carbocycles. The van der Waals surface area contributed by atoms with Crippen LogP contribution in [0.3, 0.4) is 0 Å². The monoisotopic (exact) mass is 447 g/mol. The lowest BCUT2D eigenvalue weighted by molar-refractivity contribution is -0.125. The summed E-state index contributed by atoms with van der Waals surface area (Å²) in [5.74, 6) is 2.55. The van der Waals surface area contributed by atoms with E-state index in [0.717, 1.165) is 68.7 Å². The number of carbonyl (C=O) groups is 1. The minimum Gasteiger partial charge on any atom is -0.492 e. The summed E-state index contributed by atoms with van der Waals surface area (Å²) < 4.78 is 8.31. The Balaban J connectivity index is 1.25. The molecule has 0 aliphatic heterocycles. The quantitative estimate of drug-likeness (QED) is 0.376. The van der Waals surface area contributed by atoms with E-state index < -0.39 is 0 Å². The molecule has 33 heavy (non-hydrogen) atoms. The third kappa shape index (κ3) is 6.59. The second-order valence-corrected chi connectivity index (χ2v) is 9.27. The van der Waals surface area contributed by atoms with Crippen molar-refractivity contribution >= 4 is 16.9 Å². The Bertz CT molecular complexity index is 1040. The Labute approximate surface area is 197 Å². The van der Waals surface area contributed by atoms with Crippen LogP contribution in [0.25, 0.3) is 11.0 Å². The summed E-state index contributed by atoms with van der Waals surface area (Å²) in [5.41, 5.74) is 3.42. The van der Waals surface area contributed by atoms with Gasteiger partial charge in [0.1, 0.15) is 18.2 Å². The van der Waals surface area contributed by atoms with Gasteiger partial charge < -0.3 is 14.6 Å². The first-order chi connectivity index (χ1) is 16.2. The molecule has 1 N–H and O–H groups in total. The highest BCUT2D eigenvalue weighted by molar-refractivity contribution is 5.78. The van der Waals surface area contributed by atoms with Crippen LogP contribution < -0.4 is 10.1 Å². The highest BCUT2D eigenvalue weighted by Crippen LogP contribution is 2.23. The van der Waals surface area contributed by atoms with Crippen LogP contribution in [-0.2, 0) is 17.8 Å². The zero-order chi connectivity index (χ0) is 22.9. The third-order valence-corrected chi connectivity index (χ3v) is 6.66. The van der Waals surface area contributed by atoms with Crippen LogP contribution in [-0.4, -0.2) is 28.6 Å². The van der Waals surface area contributed by atoms with Gasteiger partial charge in [0, 0.05) is 18.9 Å². The number of rotatable bonds is 11. The number of aromatic nitrogens is 2. The fraction of sp³-hybridized carbons (Fsp3) is 0.500. The molecule has 0 spiro atoms. The molecule has 0 unspecified atom stereocenters. The topological polar surface area (TPSA) is 56.1 Å². The number of hydrogen-bond donors (Lipinski definition) is 1. The number of unbranched alkanes of at least 4 members (excludes halogenated alkanes) is 2. The number of benzene rings is 2. The summed E-state index contributed by atoms with van der Waals surface area (Å²) in [6.07, 6.45) is 9.95. The lowest BCUT2D eigenvalue weighted by Gasteiger charge is -2.20. The van der Waals surface area contributed by atoms with Crippen molar-refractivity contribution < 1.29 is 9.53 Å². The van der Waals surface area contributed by atoms with Crippen molar-refractivity contribution in [2.45, 2.75) is 71.3 Å². The van der Waals surface area contributed by atoms with Gasteiger partial charge in [-0.2, -0.15) is 0 Å². The molecule has 1 aliphatic rings. The number of hydrogen-bond acceptors (Lipinski definition) is 3. The first-order valence-corrected chi connectivity index (χ1v) is 12.6. The van der Waals surface area contributed by atoms with Gasteiger partial charge in [0.05, 0.1) is 17.6 Å². The first-order valence-electron chi connectivity index (χ1n) is 12.6. The van der Waals surface area contributed by atoms with E-state index in [1.54, 1.807) is 0 Å². The van der Waals surface area contributed by atoms with Crippen LogP contribution in [0.1, 0.15) is 62.8 Å². The molecular weight excluding hydrogens is 410 g/mol. The van der Waals surface area contributed by atoms with E-state index in [9.17, 15) is 4.79 Å². The largest absolute Gasteiger partial charge is 0.492 e. The Hall–Kier alpha value is -2.82. The fourth-order valence-corrected chi connectivity index (χ4v) is 4.83. The minimum absolute atomic E-state index is 0.251. The second kappa shape index (κ2) is 11.9. The van der Waals surface area contributed by atoms with E-state index in [2.05, 4.69) is 47.1 Å². The number of nitrogens with zero attached hydrogens (tertiary/aromatic N) is 2. The summed E-state index contributed by atoms with van der Waals surface area (Å²) >= 11 is 0. The number of fused-ring (bicyclic) bond motifs is 1. The molecule has 5 nitrogen and oxygen atoms in total. The Kier molecular flexibility index (Phi) is 8.40. The van der Waals surface area contributed by atoms with Crippen molar-refractivity contribution in [2.75, 3.05) is 13.2 Å². The summed E-state index contributed by atoms with van der Waals surface area (Å²) in [4.78, 5) is 17.2. The lowest BCUT2D eigenvalue weighted by Crippen LogP contribution is -2.32. The highest BCUT2D eigenvalue weighted by atomic mass is 16.5. The number of carbonyl (C=O) groups excluding carboxylic acids is 1. The zero-order valence-electron chi connectivity index (χ0n) is 19.9. The molecular formula is C28H37N3O2. The molecule has 0 bridgehead atoms. The van der Waals surface area contributed by atoms with Crippen LogP contribution >= 0.6 is 0 Å². The number of aryl methyl sites for hydroxylation is 2. The van der Waals surface area contributed by atoms with E-state index in [4.69, 9.17) is 9.72 Å². The molecule has 1 amide bonds. The Morgan fingerprint density at radius 2 is 1.91 bits per heavy atom. The van der Waals surface area contributed by atoms with Gasteiger partial charge in [-0.15, -0.1) is 0 Å². The molecule has 1 aliphatic carbocycles. The summed E-state index contributed by atoms with van der Waals surface area (Å²) in [6, 6.07) is 16.5. The average Bonchev–Trinajstić information content (AvgIpc) is 3.19. The predicted molar refractivity (Wildman–Crippen MR) is 134 cm³/mol. The van der Waals surface area contributed by atoms with Gasteiger partial charge in [-0.1, -0.05) is 49.9 Å². The fourth-order valence-electron chi connectivity index (χ4n) is 4.83. The smallest absolute Gasteiger partial charge is 0.223 e. The SMILES string of the molecule is Cc1cccc(OCCn2c(CCCCCNC(=O)C3CCCCC3)nc3ccccc32)c1. The van der Waals surface area contributed by atoms with E-state index in [-0.39, 0.29) is 11.8 Å². The first kappa shape index (κ1) is 23.3. The summed E-state index contributed by atoms with van der Waals surface area (Å²) in [5, 5.41) is 3.16. The van der Waals surface area contributed by atoms with E-state index in [0.29, 0.717) is 6.61 Å². The van der Waals surface area contributed by atoms with E-state index >= 15 is 0 Å². The maximum Gasteiger partial charge on any atom is 0.223 e. The molecule has 1 fully saturated rings. The normalized spacial score (nSPS) is 14.5. The Morgan fingerprint density at radius 3 is 2.76 bits per heavy atom. The van der Waals surface area contributed by atoms with Gasteiger partial charge in [0.2, 0.25) is 5.91 Å². The van der Waals surface area contributed by atoms with E-state index in [1.807, 2.05) is 18.2 Å². The molecule has 1 heterocycles. The number of nitrogens with one attached hydrogen (secondary N) is 1. The van der Waals surface area contributed by atoms with Crippen LogP contribution in [0, 0.1) is 12.8 Å². The van der Waals surface area contributed by atoms with Crippen molar-refractivity contribution in [1.82, 2.24) is 14.9 Å². The number of amides is 1. The zero-order valence-corrected chi connectivity index (χ0v) is 19.9. The van der Waals surface area contributed by atoms with Crippen molar-refractivity contribution in [1.29, 1.82) is 0 Å². The van der Waals surface area contributed by atoms with Gasteiger partial charge in [-0.05, 0) is 62.4 Å². The van der Waals surface area contributed by atoms with Gasteiger partial charge in [-0.25, -0.2) is 4.98 Å². The maximum absolute atomic E-state index is 12.3. The minimum atomic E-state index is 0.251. The second-order valence-electron chi connectivity index (χ2n) is 9.27. The van der Waals surface area contributed by atoms with Crippen LogP contribution in [0.15, 0.2) is 48.5 Å². The molecule has 3 aromatic rings. The lowest BCUT2D eigenvalue weighted by atomic mass is 9.89. The molecule has 176 valence electrons. The van der Waals surface area contributed by atoms with Gasteiger partial charge in [0.15, 0.2) is 0 Å². The van der Waals surface area contributed by atoms with Crippen molar-refractivity contribution in [3.8, 4) is 5.75 Å². The number of para-hydroxylation sites is 2. The van der Waals surface area contributed by atoms with Crippen LogP contribution in [0.4, 0.5) is 0 Å². The summed E-state index contributed by atoms with van der Waals surface area (Å²) in [6.45, 7) is 4.26. The van der Waals surface area contributed by atoms with Crippen molar-refractivity contribution in [2.24, 2.45) is 5.92 Å². The van der Waals surface area contributed by atoms with Crippen molar-refractivity contribution in [3.05, 3.63) is 59.9 Å². The van der Waals surface area contributed by atoms with Gasteiger partial charge in [0.25, 0.3) is 0 Å². The molecule has 2 aromatic carbocycles. The molecule has 4 rings (SSSR count). The molecule has 0 saturated heterocycles. The van der Waals surface area contributed by atoms with E-state index in [1.165, 1.54) is 30.3 Å². The van der Waals surface area contributed by atoms with Gasteiger partial charge in [-0.3, -0.25) is 4.79 Å². The molecule has 5 heteroatoms. The average molecular weight is 448 g/mol. The van der Waals surface area contributed by atoms with Gasteiger partial charge >= 0.3 is 0 Å². The maximum atomic E-state index is 12.3. The Morgan fingerprint density at radius 1 is 1.06 bits per heavy atom. The summed E-state index contributed by atoms with van der Waals surface area (Å²) in [7, 11) is 0. The highest BCUT2D eigenvalue weighted by Gasteiger charge is 2.20. The van der Waals surface area contributed by atoms with Crippen LogP contribution in [0.5, 0.6) is 5.75 Å². The standard InChI is InChI=1S/C28H37N3O2/c1-22-11-10-14-24(21-22)33-20-19-31-26-16-8-7-15-25(26)30-27(31)17-6-3-9-18-29-28(32)23-12-4-2-5-13-23/h7-8,10-11,14-16,21,23H,2-6,9,12-13,17-20H2,1H3,(H,29,32). The number of ether oxygens (including phenoxy) is 1. The third-order valence-electron chi connectivity index (χ3n) is 6.66. The number of imidazole rings is 1. The van der Waals surface area contributed by atoms with Crippen molar-refractivity contribution in [3.63, 3.8) is 0 Å². The molecule has 1 aromatic heterocycles.